The summed E-state index contributed by atoms with van der Waals surface area (Å²) in [5, 5.41) is 3.02. The number of benzene rings is 1. The molecular formula is C19H20N4O3. The molecule has 1 aromatic carbocycles. The lowest BCUT2D eigenvalue weighted by atomic mass is 10.0. The van der Waals surface area contributed by atoms with Crippen LogP contribution in [0.25, 0.3) is 0 Å². The molecule has 0 aliphatic heterocycles. The molecule has 26 heavy (non-hydrogen) atoms. The van der Waals surface area contributed by atoms with Gasteiger partial charge in [0.25, 0.3) is 5.91 Å². The van der Waals surface area contributed by atoms with Gasteiger partial charge in [0.05, 0.1) is 19.8 Å². The fraction of sp³-hybridized carbons (Fsp3) is 0.211. The monoisotopic (exact) mass is 352 g/mol. The minimum atomic E-state index is -0.431. The van der Waals surface area contributed by atoms with Crippen molar-refractivity contribution in [2.24, 2.45) is 7.05 Å². The fourth-order valence-corrected chi connectivity index (χ4v) is 2.62. The molecule has 2 heterocycles. The molecule has 1 unspecified atom stereocenters. The summed E-state index contributed by atoms with van der Waals surface area (Å²) in [7, 11) is 5.02. The normalized spacial score (nSPS) is 11.7. The van der Waals surface area contributed by atoms with Gasteiger partial charge in [0.15, 0.2) is 0 Å². The number of rotatable bonds is 6. The van der Waals surface area contributed by atoms with Crippen molar-refractivity contribution < 1.29 is 14.3 Å². The predicted octanol–water partition coefficient (Wildman–Crippen LogP) is 2.35. The minimum absolute atomic E-state index is 0.254. The molecule has 0 saturated heterocycles. The third-order valence-electron chi connectivity index (χ3n) is 4.03. The van der Waals surface area contributed by atoms with Crippen LogP contribution in [-0.2, 0) is 7.05 Å². The molecule has 7 heteroatoms. The lowest BCUT2D eigenvalue weighted by Crippen LogP contribution is -2.31. The Balaban J connectivity index is 1.92. The van der Waals surface area contributed by atoms with Gasteiger partial charge in [0, 0.05) is 31.7 Å². The summed E-state index contributed by atoms with van der Waals surface area (Å²) in [5.74, 6) is 1.63. The van der Waals surface area contributed by atoms with Gasteiger partial charge >= 0.3 is 0 Å². The number of pyridine rings is 1. The first-order valence-electron chi connectivity index (χ1n) is 8.04. The summed E-state index contributed by atoms with van der Waals surface area (Å²) in [6, 6.07) is 10.4. The first kappa shape index (κ1) is 17.5. The van der Waals surface area contributed by atoms with Crippen molar-refractivity contribution in [1.29, 1.82) is 0 Å². The molecular weight excluding hydrogens is 332 g/mol. The van der Waals surface area contributed by atoms with Gasteiger partial charge in [-0.1, -0.05) is 12.1 Å². The predicted molar refractivity (Wildman–Crippen MR) is 96.3 cm³/mol. The molecule has 1 N–H and O–H groups in total. The Morgan fingerprint density at radius 2 is 2.00 bits per heavy atom. The quantitative estimate of drug-likeness (QED) is 0.737. The number of carbonyl (C=O) groups is 1. The van der Waals surface area contributed by atoms with Crippen LogP contribution in [0.3, 0.4) is 0 Å². The fourth-order valence-electron chi connectivity index (χ4n) is 2.62. The summed E-state index contributed by atoms with van der Waals surface area (Å²) in [5.41, 5.74) is 1.31. The number of methoxy groups -OCH3 is 2. The van der Waals surface area contributed by atoms with Crippen LogP contribution in [0.4, 0.5) is 0 Å². The number of hydrogen-bond donors (Lipinski definition) is 1. The van der Waals surface area contributed by atoms with Crippen molar-refractivity contribution in [3.63, 3.8) is 0 Å². The van der Waals surface area contributed by atoms with Crippen LogP contribution >= 0.6 is 0 Å². The van der Waals surface area contributed by atoms with Gasteiger partial charge < -0.3 is 19.4 Å². The van der Waals surface area contributed by atoms with Crippen molar-refractivity contribution >= 4 is 5.91 Å². The van der Waals surface area contributed by atoms with Gasteiger partial charge in [-0.25, -0.2) is 9.97 Å². The Hall–Kier alpha value is -3.35. The third-order valence-corrected chi connectivity index (χ3v) is 4.03. The Morgan fingerprint density at radius 3 is 2.62 bits per heavy atom. The number of ether oxygens (including phenoxy) is 2. The Kier molecular flexibility index (Phi) is 5.17. The summed E-state index contributed by atoms with van der Waals surface area (Å²) in [6.07, 6.45) is 5.02. The van der Waals surface area contributed by atoms with Crippen molar-refractivity contribution in [2.45, 2.75) is 6.04 Å². The van der Waals surface area contributed by atoms with E-state index in [1.807, 2.05) is 42.1 Å². The topological polar surface area (TPSA) is 78.3 Å². The molecule has 0 radical (unpaired) electrons. The summed E-state index contributed by atoms with van der Waals surface area (Å²) in [4.78, 5) is 21.2. The van der Waals surface area contributed by atoms with E-state index in [9.17, 15) is 4.79 Å². The molecule has 1 atom stereocenters. The highest BCUT2D eigenvalue weighted by Gasteiger charge is 2.22. The molecule has 0 saturated carbocycles. The smallest absolute Gasteiger partial charge is 0.253 e. The standard InChI is InChI=1S/C19H20N4O3/c1-23-10-9-20-18(23)17(13-5-4-6-15(11-13)25-2)22-19(24)14-7-8-16(26-3)21-12-14/h4-12,17H,1-3H3,(H,22,24). The number of carbonyl (C=O) groups excluding carboxylic acids is 1. The van der Waals surface area contributed by atoms with Crippen LogP contribution in [0, 0.1) is 0 Å². The maximum Gasteiger partial charge on any atom is 0.253 e. The molecule has 134 valence electrons. The summed E-state index contributed by atoms with van der Waals surface area (Å²) >= 11 is 0. The van der Waals surface area contributed by atoms with E-state index in [2.05, 4.69) is 15.3 Å². The van der Waals surface area contributed by atoms with E-state index >= 15 is 0 Å². The Morgan fingerprint density at radius 1 is 1.15 bits per heavy atom. The largest absolute Gasteiger partial charge is 0.497 e. The molecule has 3 aromatic rings. The van der Waals surface area contributed by atoms with E-state index in [-0.39, 0.29) is 5.91 Å². The van der Waals surface area contributed by atoms with E-state index in [1.54, 1.807) is 25.4 Å². The van der Waals surface area contributed by atoms with Crippen LogP contribution in [0.1, 0.15) is 27.8 Å². The zero-order chi connectivity index (χ0) is 18.5. The number of hydrogen-bond acceptors (Lipinski definition) is 5. The van der Waals surface area contributed by atoms with E-state index in [0.717, 1.165) is 5.56 Å². The maximum atomic E-state index is 12.7. The van der Waals surface area contributed by atoms with Crippen molar-refractivity contribution in [2.75, 3.05) is 14.2 Å². The van der Waals surface area contributed by atoms with Gasteiger partial charge in [0.2, 0.25) is 5.88 Å². The van der Waals surface area contributed by atoms with Crippen molar-refractivity contribution in [3.05, 3.63) is 71.9 Å². The number of imidazole rings is 1. The second kappa shape index (κ2) is 7.69. The molecule has 3 rings (SSSR count). The minimum Gasteiger partial charge on any atom is -0.497 e. The SMILES string of the molecule is COc1cccc(C(NC(=O)c2ccc(OC)nc2)c2nccn2C)c1. The van der Waals surface area contributed by atoms with E-state index in [0.29, 0.717) is 23.0 Å². The molecule has 1 amide bonds. The van der Waals surface area contributed by atoms with Crippen LogP contribution in [0.5, 0.6) is 11.6 Å². The molecule has 0 aliphatic rings. The van der Waals surface area contributed by atoms with Gasteiger partial charge in [-0.05, 0) is 23.8 Å². The Labute approximate surface area is 151 Å². The second-order valence-electron chi connectivity index (χ2n) is 5.67. The number of nitrogens with zero attached hydrogens (tertiary/aromatic N) is 3. The van der Waals surface area contributed by atoms with Gasteiger partial charge in [-0.3, -0.25) is 4.79 Å². The molecule has 0 fully saturated rings. The summed E-state index contributed by atoms with van der Waals surface area (Å²) in [6.45, 7) is 0. The van der Waals surface area contributed by atoms with Crippen LogP contribution in [0.2, 0.25) is 0 Å². The van der Waals surface area contributed by atoms with E-state index in [1.165, 1.54) is 13.3 Å². The second-order valence-corrected chi connectivity index (χ2v) is 5.67. The zero-order valence-electron chi connectivity index (χ0n) is 14.8. The van der Waals surface area contributed by atoms with Gasteiger partial charge in [0.1, 0.15) is 17.6 Å². The molecule has 2 aromatic heterocycles. The van der Waals surface area contributed by atoms with Gasteiger partial charge in [-0.15, -0.1) is 0 Å². The highest BCUT2D eigenvalue weighted by molar-refractivity contribution is 5.94. The number of amides is 1. The van der Waals surface area contributed by atoms with Crippen molar-refractivity contribution in [3.8, 4) is 11.6 Å². The third kappa shape index (κ3) is 3.66. The number of aromatic nitrogens is 3. The highest BCUT2D eigenvalue weighted by atomic mass is 16.5. The molecule has 7 nitrogen and oxygen atoms in total. The molecule has 0 spiro atoms. The lowest BCUT2D eigenvalue weighted by molar-refractivity contribution is 0.0940. The van der Waals surface area contributed by atoms with Crippen molar-refractivity contribution in [1.82, 2.24) is 19.9 Å². The summed E-state index contributed by atoms with van der Waals surface area (Å²) < 4.78 is 12.2. The number of aryl methyl sites for hydroxylation is 1. The average Bonchev–Trinajstić information content (AvgIpc) is 3.11. The first-order valence-corrected chi connectivity index (χ1v) is 8.04. The van der Waals surface area contributed by atoms with Crippen LogP contribution < -0.4 is 14.8 Å². The van der Waals surface area contributed by atoms with E-state index in [4.69, 9.17) is 9.47 Å². The highest BCUT2D eigenvalue weighted by Crippen LogP contribution is 2.24. The average molecular weight is 352 g/mol. The first-order chi connectivity index (χ1) is 12.6. The van der Waals surface area contributed by atoms with Crippen LogP contribution in [-0.4, -0.2) is 34.7 Å². The zero-order valence-corrected chi connectivity index (χ0v) is 14.8. The van der Waals surface area contributed by atoms with Gasteiger partial charge in [-0.2, -0.15) is 0 Å². The van der Waals surface area contributed by atoms with Crippen LogP contribution in [0.15, 0.2) is 55.0 Å². The number of nitrogens with one attached hydrogen (secondary N) is 1. The molecule has 0 aliphatic carbocycles. The molecule has 0 bridgehead atoms. The Bertz CT molecular complexity index is 890. The maximum absolute atomic E-state index is 12.7. The van der Waals surface area contributed by atoms with E-state index < -0.39 is 6.04 Å². The lowest BCUT2D eigenvalue weighted by Gasteiger charge is -2.19.